The summed E-state index contributed by atoms with van der Waals surface area (Å²) in [7, 11) is 3.43. The Bertz CT molecular complexity index is 683. The maximum Gasteiger partial charge on any atom is 0.124 e. The first-order chi connectivity index (χ1) is 12.2. The summed E-state index contributed by atoms with van der Waals surface area (Å²) in [5.74, 6) is 0.899. The van der Waals surface area contributed by atoms with Crippen molar-refractivity contribution >= 4 is 11.8 Å². The Labute approximate surface area is 155 Å². The van der Waals surface area contributed by atoms with Crippen LogP contribution in [-0.2, 0) is 24.4 Å². The van der Waals surface area contributed by atoms with Gasteiger partial charge in [0.2, 0.25) is 0 Å². The van der Waals surface area contributed by atoms with Crippen molar-refractivity contribution in [2.45, 2.75) is 43.5 Å². The Morgan fingerprint density at radius 3 is 2.28 bits per heavy atom. The van der Waals surface area contributed by atoms with Crippen LogP contribution in [0.15, 0.2) is 47.4 Å². The molecule has 0 heterocycles. The molecule has 0 atom stereocenters. The van der Waals surface area contributed by atoms with Crippen LogP contribution in [0.5, 0.6) is 5.75 Å². The third-order valence-corrected chi connectivity index (χ3v) is 5.38. The molecule has 0 radical (unpaired) electrons. The van der Waals surface area contributed by atoms with E-state index in [1.807, 2.05) is 0 Å². The van der Waals surface area contributed by atoms with E-state index >= 15 is 0 Å². The van der Waals surface area contributed by atoms with Crippen molar-refractivity contribution in [2.24, 2.45) is 0 Å². The molecular formula is C21H27NO2S. The van der Waals surface area contributed by atoms with Gasteiger partial charge < -0.3 is 9.47 Å². The van der Waals surface area contributed by atoms with Crippen LogP contribution < -0.4 is 4.74 Å². The molecule has 0 bridgehead atoms. The number of ether oxygens (including phenoxy) is 2. The predicted octanol–water partition coefficient (Wildman–Crippen LogP) is 4.73. The summed E-state index contributed by atoms with van der Waals surface area (Å²) in [5.41, 5.74) is 3.82. The lowest BCUT2D eigenvalue weighted by Crippen LogP contribution is -2.25. The maximum absolute atomic E-state index is 5.44. The van der Waals surface area contributed by atoms with E-state index in [-0.39, 0.29) is 0 Å². The van der Waals surface area contributed by atoms with Gasteiger partial charge >= 0.3 is 0 Å². The van der Waals surface area contributed by atoms with E-state index < -0.39 is 0 Å². The predicted molar refractivity (Wildman–Crippen MR) is 104 cm³/mol. The molecule has 0 saturated heterocycles. The molecule has 0 amide bonds. The maximum atomic E-state index is 5.44. The fraction of sp³-hybridized carbons (Fsp3) is 0.429. The van der Waals surface area contributed by atoms with Crippen molar-refractivity contribution in [3.05, 3.63) is 59.2 Å². The zero-order valence-corrected chi connectivity index (χ0v) is 16.1. The molecule has 0 N–H and O–H groups in total. The molecule has 134 valence electrons. The van der Waals surface area contributed by atoms with E-state index in [1.165, 1.54) is 28.9 Å². The topological polar surface area (TPSA) is 21.7 Å². The van der Waals surface area contributed by atoms with Gasteiger partial charge in [0, 0.05) is 36.7 Å². The highest BCUT2D eigenvalue weighted by Crippen LogP contribution is 2.31. The van der Waals surface area contributed by atoms with Crippen LogP contribution in [0.3, 0.4) is 0 Å². The molecule has 1 fully saturated rings. The van der Waals surface area contributed by atoms with Crippen LogP contribution in [0.25, 0.3) is 0 Å². The van der Waals surface area contributed by atoms with Gasteiger partial charge in [0.25, 0.3) is 0 Å². The second-order valence-electron chi connectivity index (χ2n) is 6.56. The SMILES string of the molecule is COCc1cc(CN(Cc2ccc(SC)cc2)C2CC2)ccc1OC. The third kappa shape index (κ3) is 5.00. The zero-order valence-electron chi connectivity index (χ0n) is 15.3. The van der Waals surface area contributed by atoms with Gasteiger partial charge in [0.15, 0.2) is 0 Å². The fourth-order valence-electron chi connectivity index (χ4n) is 3.15. The molecule has 1 aliphatic rings. The number of benzene rings is 2. The largest absolute Gasteiger partial charge is 0.496 e. The van der Waals surface area contributed by atoms with Crippen molar-refractivity contribution in [3.8, 4) is 5.75 Å². The van der Waals surface area contributed by atoms with Gasteiger partial charge in [-0.2, -0.15) is 0 Å². The third-order valence-electron chi connectivity index (χ3n) is 4.64. The summed E-state index contributed by atoms with van der Waals surface area (Å²) in [6, 6.07) is 16.1. The van der Waals surface area contributed by atoms with E-state index in [2.05, 4.69) is 53.6 Å². The first-order valence-electron chi connectivity index (χ1n) is 8.75. The number of hydrogen-bond acceptors (Lipinski definition) is 4. The number of thioether (sulfide) groups is 1. The molecule has 2 aromatic rings. The minimum atomic E-state index is 0.580. The summed E-state index contributed by atoms with van der Waals surface area (Å²) in [4.78, 5) is 3.91. The highest BCUT2D eigenvalue weighted by atomic mass is 32.2. The molecule has 0 spiro atoms. The molecule has 0 unspecified atom stereocenters. The molecular weight excluding hydrogens is 330 g/mol. The van der Waals surface area contributed by atoms with Gasteiger partial charge in [-0.15, -0.1) is 11.8 Å². The van der Waals surface area contributed by atoms with Crippen LogP contribution in [0.4, 0.5) is 0 Å². The highest BCUT2D eigenvalue weighted by molar-refractivity contribution is 7.98. The lowest BCUT2D eigenvalue weighted by atomic mass is 10.1. The summed E-state index contributed by atoms with van der Waals surface area (Å²) >= 11 is 1.79. The van der Waals surface area contributed by atoms with Crippen LogP contribution >= 0.6 is 11.8 Å². The van der Waals surface area contributed by atoms with Crippen molar-refractivity contribution in [1.82, 2.24) is 4.90 Å². The van der Waals surface area contributed by atoms with E-state index in [1.54, 1.807) is 26.0 Å². The normalized spacial score (nSPS) is 14.1. The molecule has 3 rings (SSSR count). The van der Waals surface area contributed by atoms with Crippen LogP contribution in [0, 0.1) is 0 Å². The van der Waals surface area contributed by atoms with Gasteiger partial charge in [-0.05, 0) is 54.5 Å². The second kappa shape index (κ2) is 8.75. The average Bonchev–Trinajstić information content (AvgIpc) is 3.47. The molecule has 4 heteroatoms. The standard InChI is InChI=1S/C21H27NO2S/c1-23-15-18-12-17(6-11-21(18)24-2)14-22(19-7-8-19)13-16-4-9-20(25-3)10-5-16/h4-6,9-12,19H,7-8,13-15H2,1-3H3. The molecule has 1 saturated carbocycles. The first-order valence-corrected chi connectivity index (χ1v) is 9.97. The highest BCUT2D eigenvalue weighted by Gasteiger charge is 2.29. The Hall–Kier alpha value is -1.49. The van der Waals surface area contributed by atoms with E-state index in [4.69, 9.17) is 9.47 Å². The van der Waals surface area contributed by atoms with E-state index in [9.17, 15) is 0 Å². The first kappa shape index (κ1) is 18.3. The Morgan fingerprint density at radius 2 is 1.68 bits per heavy atom. The van der Waals surface area contributed by atoms with Crippen molar-refractivity contribution in [1.29, 1.82) is 0 Å². The number of rotatable bonds is 9. The molecule has 25 heavy (non-hydrogen) atoms. The van der Waals surface area contributed by atoms with Crippen LogP contribution in [0.2, 0.25) is 0 Å². The summed E-state index contributed by atoms with van der Waals surface area (Å²) in [6.07, 6.45) is 4.74. The Balaban J connectivity index is 1.72. The lowest BCUT2D eigenvalue weighted by molar-refractivity contribution is 0.181. The quantitative estimate of drug-likeness (QED) is 0.605. The lowest BCUT2D eigenvalue weighted by Gasteiger charge is -2.23. The van der Waals surface area contributed by atoms with Crippen LogP contribution in [-0.4, -0.2) is 31.4 Å². The zero-order chi connectivity index (χ0) is 17.6. The van der Waals surface area contributed by atoms with Gasteiger partial charge in [-0.25, -0.2) is 0 Å². The van der Waals surface area contributed by atoms with Gasteiger partial charge in [-0.3, -0.25) is 4.90 Å². The Kier molecular flexibility index (Phi) is 6.40. The minimum Gasteiger partial charge on any atom is -0.496 e. The molecule has 0 aromatic heterocycles. The summed E-state index contributed by atoms with van der Waals surface area (Å²) in [6.45, 7) is 2.55. The molecule has 3 nitrogen and oxygen atoms in total. The van der Waals surface area contributed by atoms with Gasteiger partial charge in [-0.1, -0.05) is 18.2 Å². The number of hydrogen-bond donors (Lipinski definition) is 0. The van der Waals surface area contributed by atoms with Crippen molar-refractivity contribution < 1.29 is 9.47 Å². The van der Waals surface area contributed by atoms with E-state index in [0.29, 0.717) is 12.6 Å². The Morgan fingerprint density at radius 1 is 1.00 bits per heavy atom. The van der Waals surface area contributed by atoms with Crippen molar-refractivity contribution in [3.63, 3.8) is 0 Å². The van der Waals surface area contributed by atoms with E-state index in [0.717, 1.165) is 24.4 Å². The van der Waals surface area contributed by atoms with Gasteiger partial charge in [0.05, 0.1) is 13.7 Å². The van der Waals surface area contributed by atoms with Crippen LogP contribution in [0.1, 0.15) is 29.5 Å². The molecule has 1 aliphatic carbocycles. The number of nitrogens with zero attached hydrogens (tertiary/aromatic N) is 1. The summed E-state index contributed by atoms with van der Waals surface area (Å²) < 4.78 is 10.8. The minimum absolute atomic E-state index is 0.580. The number of methoxy groups -OCH3 is 2. The second-order valence-corrected chi connectivity index (χ2v) is 7.44. The fourth-order valence-corrected chi connectivity index (χ4v) is 3.56. The smallest absolute Gasteiger partial charge is 0.124 e. The summed E-state index contributed by atoms with van der Waals surface area (Å²) in [5, 5.41) is 0. The molecule has 0 aliphatic heterocycles. The average molecular weight is 358 g/mol. The van der Waals surface area contributed by atoms with Crippen molar-refractivity contribution in [2.75, 3.05) is 20.5 Å². The monoisotopic (exact) mass is 357 g/mol. The van der Waals surface area contributed by atoms with Gasteiger partial charge in [0.1, 0.15) is 5.75 Å². The molecule has 2 aromatic carbocycles.